The molecule has 4 heteroatoms. The Morgan fingerprint density at radius 1 is 1.46 bits per heavy atom. The molecule has 1 aromatic rings. The summed E-state index contributed by atoms with van der Waals surface area (Å²) in [6.45, 7) is 4.16. The lowest BCUT2D eigenvalue weighted by Crippen LogP contribution is -2.22. The van der Waals surface area contributed by atoms with Crippen LogP contribution in [0.15, 0.2) is 17.2 Å². The van der Waals surface area contributed by atoms with Crippen LogP contribution >= 0.6 is 0 Å². The molecular weight excluding hydrogens is 168 g/mol. The molecule has 0 amide bonds. The molecule has 0 unspecified atom stereocenters. The van der Waals surface area contributed by atoms with Crippen LogP contribution in [0.1, 0.15) is 13.3 Å². The Bertz CT molecular complexity index is 301. The highest BCUT2D eigenvalue weighted by Gasteiger charge is 1.97. The van der Waals surface area contributed by atoms with E-state index in [4.69, 9.17) is 4.74 Å². The van der Waals surface area contributed by atoms with Crippen molar-refractivity contribution in [2.75, 3.05) is 13.2 Å². The number of hydrogen-bond donors (Lipinski definition) is 0. The zero-order chi connectivity index (χ0) is 9.68. The predicted molar refractivity (Wildman–Crippen MR) is 50.8 cm³/mol. The minimum Gasteiger partial charge on any atom is -0.382 e. The number of rotatable bonds is 5. The number of ether oxygens (including phenoxy) is 1. The zero-order valence-electron chi connectivity index (χ0n) is 8.19. The largest absolute Gasteiger partial charge is 0.382 e. The normalized spacial score (nSPS) is 10.6. The Kier molecular flexibility index (Phi) is 3.76. The number of hydrogen-bond acceptors (Lipinski definition) is 2. The number of nitrogens with zero attached hydrogens (tertiary/aromatic N) is 2. The van der Waals surface area contributed by atoms with Crippen molar-refractivity contribution >= 4 is 0 Å². The molecule has 0 spiro atoms. The van der Waals surface area contributed by atoms with Gasteiger partial charge in [-0.1, -0.05) is 0 Å². The molecule has 1 heterocycles. The molecule has 0 N–H and O–H groups in total. The van der Waals surface area contributed by atoms with Gasteiger partial charge in [0, 0.05) is 39.2 Å². The predicted octanol–water partition coefficient (Wildman–Crippen LogP) is 0.613. The van der Waals surface area contributed by atoms with Crippen LogP contribution in [0.25, 0.3) is 0 Å². The molecule has 0 aliphatic heterocycles. The number of aromatic nitrogens is 2. The minimum absolute atomic E-state index is 0.0384. The molecule has 0 radical (unpaired) electrons. The van der Waals surface area contributed by atoms with Crippen LogP contribution in [-0.2, 0) is 18.3 Å². The second-order valence-corrected chi connectivity index (χ2v) is 2.94. The van der Waals surface area contributed by atoms with Crippen molar-refractivity contribution < 1.29 is 4.74 Å². The summed E-state index contributed by atoms with van der Waals surface area (Å²) in [7, 11) is 1.75. The van der Waals surface area contributed by atoms with Crippen LogP contribution in [0.2, 0.25) is 0 Å². The van der Waals surface area contributed by atoms with E-state index in [-0.39, 0.29) is 5.69 Å². The summed E-state index contributed by atoms with van der Waals surface area (Å²) < 4.78 is 8.44. The Morgan fingerprint density at radius 3 is 2.77 bits per heavy atom. The molecule has 0 atom stereocenters. The third kappa shape index (κ3) is 2.73. The van der Waals surface area contributed by atoms with Crippen LogP contribution in [0.4, 0.5) is 0 Å². The fourth-order valence-corrected chi connectivity index (χ4v) is 1.16. The average Bonchev–Trinajstić information content (AvgIpc) is 2.43. The summed E-state index contributed by atoms with van der Waals surface area (Å²) in [6, 6.07) is 0. The minimum atomic E-state index is 0.0384. The first-order valence-electron chi connectivity index (χ1n) is 4.55. The monoisotopic (exact) mass is 184 g/mol. The van der Waals surface area contributed by atoms with Crippen molar-refractivity contribution in [1.29, 1.82) is 0 Å². The van der Waals surface area contributed by atoms with E-state index < -0.39 is 0 Å². The highest BCUT2D eigenvalue weighted by Crippen LogP contribution is 1.88. The van der Waals surface area contributed by atoms with Gasteiger partial charge in [0.25, 0.3) is 0 Å². The van der Waals surface area contributed by atoms with Crippen molar-refractivity contribution in [3.8, 4) is 0 Å². The van der Waals surface area contributed by atoms with Crippen LogP contribution in [0, 0.1) is 0 Å². The third-order valence-electron chi connectivity index (χ3n) is 1.91. The van der Waals surface area contributed by atoms with E-state index >= 15 is 0 Å². The van der Waals surface area contributed by atoms with E-state index in [9.17, 15) is 4.79 Å². The van der Waals surface area contributed by atoms with Gasteiger partial charge in [0.2, 0.25) is 0 Å². The van der Waals surface area contributed by atoms with Crippen LogP contribution in [0.3, 0.4) is 0 Å². The van der Waals surface area contributed by atoms with E-state index in [1.54, 1.807) is 28.6 Å². The van der Waals surface area contributed by atoms with Gasteiger partial charge < -0.3 is 9.30 Å². The maximum absolute atomic E-state index is 11.3. The van der Waals surface area contributed by atoms with Gasteiger partial charge in [-0.25, -0.2) is 4.79 Å². The van der Waals surface area contributed by atoms with Gasteiger partial charge in [-0.15, -0.1) is 0 Å². The zero-order valence-corrected chi connectivity index (χ0v) is 8.19. The Labute approximate surface area is 77.7 Å². The van der Waals surface area contributed by atoms with Crippen molar-refractivity contribution in [2.24, 2.45) is 7.05 Å². The summed E-state index contributed by atoms with van der Waals surface area (Å²) in [5.74, 6) is 0. The van der Waals surface area contributed by atoms with E-state index in [1.807, 2.05) is 6.92 Å². The van der Waals surface area contributed by atoms with E-state index in [1.165, 1.54) is 0 Å². The highest BCUT2D eigenvalue weighted by molar-refractivity contribution is 4.79. The van der Waals surface area contributed by atoms with Gasteiger partial charge in [-0.2, -0.15) is 0 Å². The average molecular weight is 184 g/mol. The first kappa shape index (κ1) is 10.1. The lowest BCUT2D eigenvalue weighted by molar-refractivity contribution is 0.141. The molecule has 74 valence electrons. The van der Waals surface area contributed by atoms with Crippen LogP contribution < -0.4 is 5.69 Å². The quantitative estimate of drug-likeness (QED) is 0.629. The van der Waals surface area contributed by atoms with Gasteiger partial charge in [-0.05, 0) is 13.3 Å². The van der Waals surface area contributed by atoms with E-state index in [0.29, 0.717) is 0 Å². The van der Waals surface area contributed by atoms with Crippen molar-refractivity contribution in [2.45, 2.75) is 19.9 Å². The topological polar surface area (TPSA) is 36.2 Å². The van der Waals surface area contributed by atoms with E-state index in [2.05, 4.69) is 0 Å². The molecule has 1 rings (SSSR count). The second-order valence-electron chi connectivity index (χ2n) is 2.94. The number of imidazole rings is 1. The molecule has 0 bridgehead atoms. The molecule has 0 aliphatic carbocycles. The molecule has 0 aliphatic rings. The summed E-state index contributed by atoms with van der Waals surface area (Å²) in [5.41, 5.74) is 0.0384. The van der Waals surface area contributed by atoms with E-state index in [0.717, 1.165) is 26.2 Å². The van der Waals surface area contributed by atoms with Crippen molar-refractivity contribution in [1.82, 2.24) is 9.13 Å². The molecule has 0 saturated carbocycles. The molecule has 0 aromatic carbocycles. The van der Waals surface area contributed by atoms with Crippen LogP contribution in [-0.4, -0.2) is 22.3 Å². The maximum Gasteiger partial charge on any atom is 0.327 e. The summed E-state index contributed by atoms with van der Waals surface area (Å²) >= 11 is 0. The molecule has 1 aromatic heterocycles. The maximum atomic E-state index is 11.3. The fraction of sp³-hybridized carbons (Fsp3) is 0.667. The van der Waals surface area contributed by atoms with Gasteiger partial charge in [0.15, 0.2) is 0 Å². The number of aryl methyl sites for hydroxylation is 2. The van der Waals surface area contributed by atoms with Crippen LogP contribution in [0.5, 0.6) is 0 Å². The Balaban J connectivity index is 2.37. The summed E-state index contributed by atoms with van der Waals surface area (Å²) in [4.78, 5) is 11.3. The molecule has 4 nitrogen and oxygen atoms in total. The fourth-order valence-electron chi connectivity index (χ4n) is 1.16. The molecular formula is C9H16N2O2. The lowest BCUT2D eigenvalue weighted by atomic mass is 10.4. The molecule has 0 fully saturated rings. The second kappa shape index (κ2) is 4.87. The third-order valence-corrected chi connectivity index (χ3v) is 1.91. The Morgan fingerprint density at radius 2 is 2.23 bits per heavy atom. The summed E-state index contributed by atoms with van der Waals surface area (Å²) in [5, 5.41) is 0. The molecule has 0 saturated heterocycles. The molecule has 13 heavy (non-hydrogen) atoms. The van der Waals surface area contributed by atoms with Gasteiger partial charge in [0.1, 0.15) is 0 Å². The first-order valence-corrected chi connectivity index (χ1v) is 4.55. The van der Waals surface area contributed by atoms with Crippen molar-refractivity contribution in [3.63, 3.8) is 0 Å². The SMILES string of the molecule is CCOCCCn1ccn(C)c1=O. The van der Waals surface area contributed by atoms with Gasteiger partial charge in [0.05, 0.1) is 0 Å². The van der Waals surface area contributed by atoms with Crippen molar-refractivity contribution in [3.05, 3.63) is 22.9 Å². The van der Waals surface area contributed by atoms with Gasteiger partial charge >= 0.3 is 5.69 Å². The smallest absolute Gasteiger partial charge is 0.327 e. The van der Waals surface area contributed by atoms with Gasteiger partial charge in [-0.3, -0.25) is 4.57 Å². The first-order chi connectivity index (χ1) is 6.25. The highest BCUT2D eigenvalue weighted by atomic mass is 16.5. The summed E-state index contributed by atoms with van der Waals surface area (Å²) in [6.07, 6.45) is 4.45. The lowest BCUT2D eigenvalue weighted by Gasteiger charge is -2.01. The standard InChI is InChI=1S/C9H16N2O2/c1-3-13-8-4-5-11-7-6-10(2)9(11)12/h6-7H,3-5,8H2,1-2H3. The Hall–Kier alpha value is -1.03.